The molecule has 12 rings (SSSR count). The summed E-state index contributed by atoms with van der Waals surface area (Å²) in [5.41, 5.74) is -12.1. The van der Waals surface area contributed by atoms with E-state index in [1.54, 1.807) is 44.2 Å². The molecule has 0 aliphatic carbocycles. The molecule has 16 N–H and O–H groups in total. The van der Waals surface area contributed by atoms with Gasteiger partial charge < -0.3 is 103 Å². The topological polar surface area (TPSA) is 573 Å². The third kappa shape index (κ3) is 19.2. The zero-order valence-corrected chi connectivity index (χ0v) is 71.6. The molecule has 3 aliphatic rings. The molecule has 6 aromatic heterocycles. The average Bonchev–Trinajstić information content (AvgIpc) is 1.58. The standard InChI is InChI=1S/C76H97F3N15O27P3/c1-38(2)110-62(101)39(3)89-122(107,116-44-23-17-14-18-24-44)119-72(10,11)54-51(96)75(105,36-78)66(114-54)93-33-30-48-57(93)84-69(87-60(48)99)82-43(7)112-64(103)41(5)91-124(109,118-46-27-21-16-22-28-46)121-73(12,13)55-52(97)76(106,37-79)67(115-55)94-34-31-49-58(94)85-70(88-61(49)100)81-42(6)111-63(102)40(4)90-123(108,117-45-25-19-15-20-26-45)120-71(8,9)53-50(95)74(104,35-77)65(113-53)92-32-29-47-56(92)83-68(80)86-59(47)98/h14-34,38-43,50-55,65-67,95-97,104-106H,35-37H2,1-13H3,(H,89,107)(H,90,108)(H,91,109)(H3,80,83,86,98)(H2,81,85,88,100)(H2,82,84,87,99)/t39-,40-,41-,42?,43?,50?,51?,52?,53-,54-,55-,65+,66+,67+,74+,75+,76+,122?,123-,124+/m0/s1. The van der Waals surface area contributed by atoms with Gasteiger partial charge in [-0.3, -0.25) is 57.3 Å². The predicted molar refractivity (Wildman–Crippen MR) is 435 cm³/mol. The Bertz CT molecular complexity index is 5720. The van der Waals surface area contributed by atoms with E-state index in [-0.39, 0.29) is 56.3 Å². The number of aromatic nitrogens is 9. The van der Waals surface area contributed by atoms with Crippen LogP contribution >= 0.6 is 23.2 Å². The van der Waals surface area contributed by atoms with E-state index in [2.05, 4.69) is 55.8 Å². The number of aliphatic hydroxyl groups excluding tert-OH is 3. The maximum atomic E-state index is 15.7. The van der Waals surface area contributed by atoms with Crippen LogP contribution in [0.3, 0.4) is 0 Å². The Balaban J connectivity index is 0.714. The maximum Gasteiger partial charge on any atom is 0.460 e. The third-order valence-corrected chi connectivity index (χ3v) is 26.0. The summed E-state index contributed by atoms with van der Waals surface area (Å²) in [5, 5.41) is 84.0. The van der Waals surface area contributed by atoms with Crippen molar-refractivity contribution in [1.29, 1.82) is 0 Å². The van der Waals surface area contributed by atoms with Crippen LogP contribution in [0.4, 0.5) is 31.0 Å². The van der Waals surface area contributed by atoms with Gasteiger partial charge in [0.05, 0.1) is 22.3 Å². The predicted octanol–water partition coefficient (Wildman–Crippen LogP) is 6.09. The van der Waals surface area contributed by atoms with Gasteiger partial charge in [-0.15, -0.1) is 0 Å². The molecule has 20 atom stereocenters. The van der Waals surface area contributed by atoms with Gasteiger partial charge in [0.1, 0.15) is 109 Å². The van der Waals surface area contributed by atoms with Gasteiger partial charge >= 0.3 is 41.1 Å². The summed E-state index contributed by atoms with van der Waals surface area (Å²) < 4.78 is 166. The summed E-state index contributed by atoms with van der Waals surface area (Å²) in [6.45, 7) is 12.0. The molecule has 3 aromatic carbocycles. The molecule has 124 heavy (non-hydrogen) atoms. The molecular formula is C76H97F3N15O27P3. The van der Waals surface area contributed by atoms with E-state index in [4.69, 9.17) is 61.3 Å². The Labute approximate surface area is 703 Å². The minimum atomic E-state index is -5.06. The number of benzene rings is 3. The number of para-hydroxylation sites is 3. The lowest BCUT2D eigenvalue weighted by molar-refractivity contribution is -0.150. The summed E-state index contributed by atoms with van der Waals surface area (Å²) in [5.74, 6) is -4.46. The second-order valence-corrected chi connectivity index (χ2v) is 36.7. The monoisotopic (exact) mass is 1800 g/mol. The first-order valence-electron chi connectivity index (χ1n) is 38.7. The van der Waals surface area contributed by atoms with Crippen LogP contribution in [0, 0.1) is 0 Å². The van der Waals surface area contributed by atoms with Crippen molar-refractivity contribution >= 4 is 92.1 Å². The first kappa shape index (κ1) is 93.2. The van der Waals surface area contributed by atoms with Crippen LogP contribution in [0.15, 0.2) is 142 Å². The van der Waals surface area contributed by atoms with E-state index in [1.807, 2.05) is 0 Å². The van der Waals surface area contributed by atoms with Gasteiger partial charge in [-0.25, -0.2) is 26.9 Å². The van der Waals surface area contributed by atoms with Crippen LogP contribution < -0.4 is 61.9 Å². The van der Waals surface area contributed by atoms with E-state index in [9.17, 15) is 64.0 Å². The van der Waals surface area contributed by atoms with Crippen LogP contribution in [0.2, 0.25) is 0 Å². The van der Waals surface area contributed by atoms with Gasteiger partial charge in [-0.2, -0.15) is 30.2 Å². The van der Waals surface area contributed by atoms with Crippen molar-refractivity contribution in [3.05, 3.63) is 159 Å². The zero-order valence-electron chi connectivity index (χ0n) is 68.9. The van der Waals surface area contributed by atoms with Crippen molar-refractivity contribution in [3.8, 4) is 17.2 Å². The summed E-state index contributed by atoms with van der Waals surface area (Å²) in [7, 11) is -14.7. The second kappa shape index (κ2) is 35.8. The van der Waals surface area contributed by atoms with Crippen LogP contribution in [-0.2, 0) is 70.1 Å². The largest absolute Gasteiger partial charge is 0.462 e. The lowest BCUT2D eigenvalue weighted by Gasteiger charge is -2.36. The molecule has 0 amide bonds. The first-order chi connectivity index (χ1) is 58.1. The molecule has 42 nitrogen and oxygen atoms in total. The number of anilines is 3. The van der Waals surface area contributed by atoms with E-state index in [0.717, 1.165) is 13.7 Å². The number of nitrogens with two attached hydrogens (primary N) is 1. The number of fused-ring (bicyclic) bond motifs is 3. The number of carbonyl (C=O) groups excluding carboxylic acids is 3. The number of carbonyl (C=O) groups is 3. The van der Waals surface area contributed by atoms with Gasteiger partial charge in [-0.1, -0.05) is 54.6 Å². The highest BCUT2D eigenvalue weighted by Gasteiger charge is 2.66. The summed E-state index contributed by atoms with van der Waals surface area (Å²) in [6.07, 6.45) is -17.6. The number of esters is 3. The van der Waals surface area contributed by atoms with Gasteiger partial charge in [-0.05, 0) is 145 Å². The normalized spacial score (nSPS) is 25.8. The smallest absolute Gasteiger partial charge is 0.460 e. The van der Waals surface area contributed by atoms with Crippen molar-refractivity contribution < 1.29 is 127 Å². The van der Waals surface area contributed by atoms with Crippen molar-refractivity contribution in [1.82, 2.24) is 58.9 Å². The Morgan fingerprint density at radius 2 is 0.742 bits per heavy atom. The number of alkyl halides is 3. The van der Waals surface area contributed by atoms with Crippen LogP contribution in [0.1, 0.15) is 109 Å². The van der Waals surface area contributed by atoms with Gasteiger partial charge in [0.25, 0.3) is 16.7 Å². The number of rotatable bonds is 37. The Hall–Kier alpha value is -9.99. The highest BCUT2D eigenvalue weighted by atomic mass is 31.2. The average molecular weight is 1800 g/mol. The van der Waals surface area contributed by atoms with Crippen molar-refractivity contribution in [2.45, 2.75) is 216 Å². The quantitative estimate of drug-likeness (QED) is 0.00905. The maximum absolute atomic E-state index is 15.7. The minimum Gasteiger partial charge on any atom is -0.462 e. The second-order valence-electron chi connectivity index (χ2n) is 31.9. The molecule has 3 aliphatic heterocycles. The number of ether oxygens (including phenoxy) is 6. The van der Waals surface area contributed by atoms with Crippen LogP contribution in [-0.4, -0.2) is 219 Å². The summed E-state index contributed by atoms with van der Waals surface area (Å²) in [6, 6.07) is 21.6. The lowest BCUT2D eigenvalue weighted by Crippen LogP contribution is -2.53. The number of nitrogen functional groups attached to an aromatic ring is 1. The SMILES string of the molecule is CC(C)OC(=O)[C@H](C)NP(=O)(Oc1ccccc1)OC(C)(C)[C@H]1O[C@@H](n2ccc3c(=O)[nH]c(NC(C)OC(=O)[C@H](C)N[P@@](=O)(Oc4ccccc4)OC(C)(C)[C@H]4O[C@@H](n5ccc6c(=O)[nH]c(NC(C)OC(=O)[C@H](C)N[P@](=O)(Oc7ccccc7)OC(C)(C)[C@H]7O[C@@H](n8ccc9c(=O)[nH]c(N)nc98)[C@@](O)(CF)C7O)nc65)[C@@](O)(CF)C4O)nc32)[C@@](O)(CF)C1O. The number of aromatic amines is 3. The molecule has 0 saturated carbocycles. The van der Waals surface area contributed by atoms with Gasteiger partial charge in [0, 0.05) is 18.6 Å². The number of H-pyrrole nitrogens is 3. The molecule has 3 fully saturated rings. The number of halogens is 3. The zero-order chi connectivity index (χ0) is 90.5. The highest BCUT2D eigenvalue weighted by Crippen LogP contribution is 2.57. The van der Waals surface area contributed by atoms with E-state index in [0.29, 0.717) is 0 Å². The van der Waals surface area contributed by atoms with Gasteiger partial charge in [0.15, 0.2) is 64.9 Å². The molecular weight excluding hydrogens is 1700 g/mol. The summed E-state index contributed by atoms with van der Waals surface area (Å²) >= 11 is 0. The minimum absolute atomic E-state index is 0.0224. The van der Waals surface area contributed by atoms with Crippen LogP contribution in [0.25, 0.3) is 33.1 Å². The molecule has 6 unspecified atom stereocenters. The molecule has 0 bridgehead atoms. The molecule has 9 heterocycles. The van der Waals surface area contributed by atoms with E-state index >= 15 is 22.3 Å². The number of hydrogen-bond acceptors (Lipinski definition) is 33. The van der Waals surface area contributed by atoms with Crippen LogP contribution in [0.5, 0.6) is 17.2 Å². The molecule has 3 saturated heterocycles. The first-order valence-corrected chi connectivity index (χ1v) is 43.3. The Morgan fingerprint density at radius 1 is 0.468 bits per heavy atom. The third-order valence-electron chi connectivity index (χ3n) is 20.4. The number of nitrogens with zero attached hydrogens (tertiary/aromatic N) is 6. The molecule has 9 aromatic rings. The Morgan fingerprint density at radius 3 is 1.02 bits per heavy atom. The number of aliphatic hydroxyl groups is 6. The molecule has 0 spiro atoms. The fourth-order valence-corrected chi connectivity index (χ4v) is 20.0. The lowest BCUT2D eigenvalue weighted by atomic mass is 9.88. The fourth-order valence-electron chi connectivity index (χ4n) is 14.4. The van der Waals surface area contributed by atoms with Gasteiger partial charge in [0.2, 0.25) is 17.8 Å². The fraction of sp³-hybridized carbons (Fsp3) is 0.487. The molecule has 0 radical (unpaired) electrons. The van der Waals surface area contributed by atoms with Crippen molar-refractivity contribution in [2.24, 2.45) is 0 Å². The number of hydrogen-bond donors (Lipinski definition) is 15. The van der Waals surface area contributed by atoms with E-state index in [1.165, 1.54) is 174 Å². The van der Waals surface area contributed by atoms with Crippen molar-refractivity contribution in [2.75, 3.05) is 36.4 Å². The van der Waals surface area contributed by atoms with E-state index < -0.39 is 215 Å². The number of nitrogens with one attached hydrogen (secondary N) is 8. The summed E-state index contributed by atoms with van der Waals surface area (Å²) in [4.78, 5) is 102. The molecule has 674 valence electrons. The highest BCUT2D eigenvalue weighted by molar-refractivity contribution is 7.52. The molecule has 48 heteroatoms. The Kier molecular flexibility index (Phi) is 26.9. The van der Waals surface area contributed by atoms with Crippen molar-refractivity contribution in [3.63, 3.8) is 0 Å².